The van der Waals surface area contributed by atoms with E-state index >= 15 is 0 Å². The number of fused-ring (bicyclic) bond motifs is 2. The lowest BCUT2D eigenvalue weighted by atomic mass is 9.95. The SMILES string of the molecule is O=S(=O)(c1cccc2nonc12)N1CCc2ccccc2[C@H]1CO. The molecule has 0 spiro atoms. The van der Waals surface area contributed by atoms with Crippen molar-refractivity contribution in [2.45, 2.75) is 17.4 Å². The van der Waals surface area contributed by atoms with Crippen LogP contribution < -0.4 is 0 Å². The number of benzene rings is 2. The predicted octanol–water partition coefficient (Wildman–Crippen LogP) is 1.50. The fourth-order valence-corrected chi connectivity index (χ4v) is 4.96. The summed E-state index contributed by atoms with van der Waals surface area (Å²) >= 11 is 0. The summed E-state index contributed by atoms with van der Waals surface area (Å²) in [6.07, 6.45) is 0.596. The van der Waals surface area contributed by atoms with Crippen LogP contribution in [0.4, 0.5) is 0 Å². The van der Waals surface area contributed by atoms with Gasteiger partial charge in [0.05, 0.1) is 12.6 Å². The van der Waals surface area contributed by atoms with Gasteiger partial charge < -0.3 is 5.11 Å². The Balaban J connectivity index is 1.84. The molecule has 0 unspecified atom stereocenters. The van der Waals surface area contributed by atoms with Crippen molar-refractivity contribution in [3.05, 3.63) is 53.6 Å². The summed E-state index contributed by atoms with van der Waals surface area (Å²) in [4.78, 5) is 0.0408. The van der Waals surface area contributed by atoms with Gasteiger partial charge >= 0.3 is 0 Å². The summed E-state index contributed by atoms with van der Waals surface area (Å²) in [6.45, 7) is 0.00945. The van der Waals surface area contributed by atoms with Crippen molar-refractivity contribution in [1.82, 2.24) is 14.6 Å². The van der Waals surface area contributed by atoms with Crippen molar-refractivity contribution in [1.29, 1.82) is 0 Å². The molecule has 0 amide bonds. The first kappa shape index (κ1) is 15.3. The number of aromatic nitrogens is 2. The lowest BCUT2D eigenvalue weighted by Crippen LogP contribution is -2.41. The quantitative estimate of drug-likeness (QED) is 0.773. The number of sulfonamides is 1. The number of aliphatic hydroxyl groups is 1. The van der Waals surface area contributed by atoms with E-state index in [0.717, 1.165) is 11.1 Å². The summed E-state index contributed by atoms with van der Waals surface area (Å²) in [5, 5.41) is 17.3. The number of rotatable bonds is 3. The highest BCUT2D eigenvalue weighted by atomic mass is 32.2. The zero-order chi connectivity index (χ0) is 16.7. The molecule has 1 N–H and O–H groups in total. The molecule has 4 rings (SSSR count). The van der Waals surface area contributed by atoms with E-state index in [1.165, 1.54) is 10.4 Å². The lowest BCUT2D eigenvalue weighted by molar-refractivity contribution is 0.180. The van der Waals surface area contributed by atoms with Crippen LogP contribution in [0, 0.1) is 0 Å². The molecular formula is C16H15N3O4S. The van der Waals surface area contributed by atoms with Crippen molar-refractivity contribution in [2.75, 3.05) is 13.2 Å². The Bertz CT molecular complexity index is 999. The van der Waals surface area contributed by atoms with E-state index in [2.05, 4.69) is 14.9 Å². The van der Waals surface area contributed by atoms with Crippen LogP contribution in [0.1, 0.15) is 17.2 Å². The molecule has 1 aromatic heterocycles. The van der Waals surface area contributed by atoms with Gasteiger partial charge in [0, 0.05) is 6.54 Å². The van der Waals surface area contributed by atoms with Crippen LogP contribution in [0.5, 0.6) is 0 Å². The Labute approximate surface area is 138 Å². The van der Waals surface area contributed by atoms with Crippen molar-refractivity contribution in [3.8, 4) is 0 Å². The number of nitrogens with zero attached hydrogens (tertiary/aromatic N) is 3. The van der Waals surface area contributed by atoms with Gasteiger partial charge in [0.25, 0.3) is 0 Å². The lowest BCUT2D eigenvalue weighted by Gasteiger charge is -2.35. The minimum absolute atomic E-state index is 0.0408. The third kappa shape index (κ3) is 2.22. The van der Waals surface area contributed by atoms with Crippen molar-refractivity contribution < 1.29 is 18.2 Å². The third-order valence-corrected chi connectivity index (χ3v) is 6.31. The molecule has 1 aliphatic rings. The average Bonchev–Trinajstić information content (AvgIpc) is 3.09. The molecule has 8 heteroatoms. The van der Waals surface area contributed by atoms with E-state index in [4.69, 9.17) is 0 Å². The highest BCUT2D eigenvalue weighted by Gasteiger charge is 2.37. The largest absolute Gasteiger partial charge is 0.394 e. The molecule has 2 heterocycles. The summed E-state index contributed by atoms with van der Waals surface area (Å²) in [6, 6.07) is 11.7. The second-order valence-electron chi connectivity index (χ2n) is 5.65. The summed E-state index contributed by atoms with van der Waals surface area (Å²) in [5.74, 6) is 0. The molecule has 0 saturated heterocycles. The smallest absolute Gasteiger partial charge is 0.246 e. The molecule has 0 radical (unpaired) electrons. The molecule has 7 nitrogen and oxygen atoms in total. The zero-order valence-corrected chi connectivity index (χ0v) is 13.5. The Kier molecular flexibility index (Phi) is 3.60. The minimum Gasteiger partial charge on any atom is -0.394 e. The first-order valence-corrected chi connectivity index (χ1v) is 8.98. The number of hydrogen-bond donors (Lipinski definition) is 1. The highest BCUT2D eigenvalue weighted by Crippen LogP contribution is 2.35. The molecule has 3 aromatic rings. The molecule has 0 fully saturated rings. The van der Waals surface area contributed by atoms with Crippen LogP contribution >= 0.6 is 0 Å². The van der Waals surface area contributed by atoms with Crippen LogP contribution in [0.2, 0.25) is 0 Å². The van der Waals surface area contributed by atoms with E-state index in [0.29, 0.717) is 18.5 Å². The van der Waals surface area contributed by atoms with Crippen molar-refractivity contribution in [3.63, 3.8) is 0 Å². The van der Waals surface area contributed by atoms with Crippen LogP contribution in [0.25, 0.3) is 11.0 Å². The number of aliphatic hydroxyl groups excluding tert-OH is 1. The van der Waals surface area contributed by atoms with Crippen LogP contribution in [-0.2, 0) is 16.4 Å². The Morgan fingerprint density at radius 2 is 2.00 bits per heavy atom. The second kappa shape index (κ2) is 5.66. The normalized spacial score (nSPS) is 18.6. The maximum atomic E-state index is 13.2. The number of hydrogen-bond acceptors (Lipinski definition) is 6. The van der Waals surface area contributed by atoms with Crippen molar-refractivity contribution in [2.24, 2.45) is 0 Å². The van der Waals surface area contributed by atoms with E-state index in [1.54, 1.807) is 12.1 Å². The van der Waals surface area contributed by atoms with Crippen molar-refractivity contribution >= 4 is 21.1 Å². The maximum absolute atomic E-state index is 13.2. The van der Waals surface area contributed by atoms with Gasteiger partial charge in [0.2, 0.25) is 10.0 Å². The van der Waals surface area contributed by atoms with Gasteiger partial charge in [-0.1, -0.05) is 30.3 Å². The first-order chi connectivity index (χ1) is 11.6. The topological polar surface area (TPSA) is 96.5 Å². The maximum Gasteiger partial charge on any atom is 0.246 e. The Hall–Kier alpha value is -2.29. The zero-order valence-electron chi connectivity index (χ0n) is 12.7. The van der Waals surface area contributed by atoms with E-state index in [1.807, 2.05) is 24.3 Å². The molecule has 1 aliphatic heterocycles. The van der Waals surface area contributed by atoms with Crippen LogP contribution in [-0.4, -0.2) is 41.3 Å². The Morgan fingerprint density at radius 3 is 2.83 bits per heavy atom. The summed E-state index contributed by atoms with van der Waals surface area (Å²) in [7, 11) is -3.85. The monoisotopic (exact) mass is 345 g/mol. The van der Waals surface area contributed by atoms with E-state index in [9.17, 15) is 13.5 Å². The second-order valence-corrected chi connectivity index (χ2v) is 7.51. The van der Waals surface area contributed by atoms with E-state index in [-0.39, 0.29) is 17.0 Å². The average molecular weight is 345 g/mol. The van der Waals surface area contributed by atoms with Gasteiger partial charge in [-0.3, -0.25) is 0 Å². The fraction of sp³-hybridized carbons (Fsp3) is 0.250. The Morgan fingerprint density at radius 1 is 1.17 bits per heavy atom. The molecular weight excluding hydrogens is 330 g/mol. The molecule has 124 valence electrons. The van der Waals surface area contributed by atoms with Gasteiger partial charge in [-0.25, -0.2) is 13.0 Å². The standard InChI is InChI=1S/C16H15N3O4S/c20-10-14-12-5-2-1-4-11(12)8-9-19(14)24(21,22)15-7-3-6-13-16(15)18-23-17-13/h1-7,14,20H,8-10H2/t14-/m1/s1. The molecule has 0 aliphatic carbocycles. The minimum atomic E-state index is -3.85. The molecule has 0 saturated carbocycles. The first-order valence-electron chi connectivity index (χ1n) is 7.54. The highest BCUT2D eigenvalue weighted by molar-refractivity contribution is 7.89. The predicted molar refractivity (Wildman–Crippen MR) is 85.7 cm³/mol. The molecule has 1 atom stereocenters. The van der Waals surface area contributed by atoms with Gasteiger partial charge in [-0.15, -0.1) is 0 Å². The summed E-state index contributed by atoms with van der Waals surface area (Å²) < 4.78 is 32.4. The molecule has 0 bridgehead atoms. The molecule has 2 aromatic carbocycles. The van der Waals surface area contributed by atoms with Gasteiger partial charge in [-0.05, 0) is 40.0 Å². The van der Waals surface area contributed by atoms with Gasteiger partial charge in [-0.2, -0.15) is 4.31 Å². The fourth-order valence-electron chi connectivity index (χ4n) is 3.22. The van der Waals surface area contributed by atoms with Crippen LogP contribution in [0.15, 0.2) is 52.0 Å². The summed E-state index contributed by atoms with van der Waals surface area (Å²) in [5.41, 5.74) is 2.48. The van der Waals surface area contributed by atoms with Gasteiger partial charge in [0.1, 0.15) is 10.4 Å². The van der Waals surface area contributed by atoms with Gasteiger partial charge in [0.15, 0.2) is 5.52 Å². The van der Waals surface area contributed by atoms with E-state index < -0.39 is 16.1 Å². The van der Waals surface area contributed by atoms with Crippen LogP contribution in [0.3, 0.4) is 0 Å². The molecule has 24 heavy (non-hydrogen) atoms. The third-order valence-electron chi connectivity index (χ3n) is 4.37.